The van der Waals surface area contributed by atoms with Crippen LogP contribution in [0.2, 0.25) is 0 Å². The molecule has 3 aromatic carbocycles. The molecule has 29 heavy (non-hydrogen) atoms. The minimum atomic E-state index is 0.560. The second kappa shape index (κ2) is 9.76. The fraction of sp³-hybridized carbons (Fsp3) is 0.214. The quantitative estimate of drug-likeness (QED) is 0.372. The van der Waals surface area contributed by atoms with Gasteiger partial charge in [0.25, 0.3) is 0 Å². The Balaban J connectivity index is 1.91. The van der Waals surface area contributed by atoms with Gasteiger partial charge in [-0.2, -0.15) is 0 Å². The molecular formula is C28H29Cl. The van der Waals surface area contributed by atoms with Crippen molar-refractivity contribution in [1.82, 2.24) is 0 Å². The maximum Gasteiger partial charge on any atom is 0.0156 e. The minimum Gasteiger partial charge on any atom is -0.0952 e. The molecule has 1 heteroatoms. The average molecular weight is 401 g/mol. The summed E-state index contributed by atoms with van der Waals surface area (Å²) in [5.74, 6) is 0.560. The zero-order valence-corrected chi connectivity index (χ0v) is 18.3. The molecule has 0 nitrogen and oxygen atoms in total. The Hall–Kier alpha value is -2.57. The Labute approximate surface area is 180 Å². The van der Waals surface area contributed by atoms with Crippen LogP contribution in [-0.4, -0.2) is 0 Å². The van der Waals surface area contributed by atoms with E-state index in [2.05, 4.69) is 87.2 Å². The third kappa shape index (κ3) is 5.49. The standard InChI is InChI=1S/C28H29Cl/c1-20(2)24-17-15-23(16-18-24)14-13-21(3)28-26(19-22(4)29)11-8-12-27(28)25-9-6-5-7-10-25/h5-12,15-20H,3,13-14H2,1-2,4H3. The molecule has 0 heterocycles. The summed E-state index contributed by atoms with van der Waals surface area (Å²) in [6.45, 7) is 10.8. The molecule has 0 unspecified atom stereocenters. The van der Waals surface area contributed by atoms with Crippen molar-refractivity contribution in [1.29, 1.82) is 0 Å². The number of hydrogen-bond donors (Lipinski definition) is 0. The largest absolute Gasteiger partial charge is 0.0952 e. The fourth-order valence-electron chi connectivity index (χ4n) is 3.65. The zero-order valence-electron chi connectivity index (χ0n) is 17.6. The van der Waals surface area contributed by atoms with Crippen molar-refractivity contribution in [3.05, 3.63) is 107 Å². The first-order valence-electron chi connectivity index (χ1n) is 10.2. The molecule has 0 spiro atoms. The lowest BCUT2D eigenvalue weighted by Crippen LogP contribution is -1.96. The number of allylic oxidation sites excluding steroid dienone is 2. The molecule has 0 aromatic heterocycles. The molecule has 3 aromatic rings. The van der Waals surface area contributed by atoms with Gasteiger partial charge in [-0.15, -0.1) is 0 Å². The summed E-state index contributed by atoms with van der Waals surface area (Å²) >= 11 is 6.23. The first kappa shape index (κ1) is 21.1. The highest BCUT2D eigenvalue weighted by Gasteiger charge is 2.12. The molecule has 0 saturated heterocycles. The third-order valence-corrected chi connectivity index (χ3v) is 5.36. The van der Waals surface area contributed by atoms with E-state index in [1.54, 1.807) is 0 Å². The van der Waals surface area contributed by atoms with E-state index in [0.29, 0.717) is 5.92 Å². The molecule has 0 saturated carbocycles. The Morgan fingerprint density at radius 2 is 1.62 bits per heavy atom. The molecular weight excluding hydrogens is 372 g/mol. The topological polar surface area (TPSA) is 0 Å². The Bertz CT molecular complexity index is 988. The molecule has 3 rings (SSSR count). The maximum absolute atomic E-state index is 6.23. The predicted molar refractivity (Wildman–Crippen MR) is 129 cm³/mol. The van der Waals surface area contributed by atoms with E-state index in [1.807, 2.05) is 19.1 Å². The highest BCUT2D eigenvalue weighted by Crippen LogP contribution is 2.34. The maximum atomic E-state index is 6.23. The second-order valence-electron chi connectivity index (χ2n) is 7.87. The van der Waals surface area contributed by atoms with Crippen LogP contribution in [0.3, 0.4) is 0 Å². The molecule has 0 atom stereocenters. The van der Waals surface area contributed by atoms with Crippen molar-refractivity contribution >= 4 is 23.3 Å². The van der Waals surface area contributed by atoms with Crippen molar-refractivity contribution in [2.45, 2.75) is 39.5 Å². The van der Waals surface area contributed by atoms with Gasteiger partial charge < -0.3 is 0 Å². The van der Waals surface area contributed by atoms with Gasteiger partial charge in [-0.3, -0.25) is 0 Å². The van der Waals surface area contributed by atoms with Crippen LogP contribution in [0.4, 0.5) is 0 Å². The van der Waals surface area contributed by atoms with Crippen LogP contribution < -0.4 is 0 Å². The lowest BCUT2D eigenvalue weighted by molar-refractivity contribution is 0.864. The molecule has 0 amide bonds. The smallest absolute Gasteiger partial charge is 0.0156 e. The predicted octanol–water partition coefficient (Wildman–Crippen LogP) is 8.72. The van der Waals surface area contributed by atoms with Gasteiger partial charge in [-0.25, -0.2) is 0 Å². The van der Waals surface area contributed by atoms with Gasteiger partial charge in [0.2, 0.25) is 0 Å². The van der Waals surface area contributed by atoms with E-state index in [9.17, 15) is 0 Å². The van der Waals surface area contributed by atoms with E-state index in [0.717, 1.165) is 29.0 Å². The Morgan fingerprint density at radius 1 is 0.931 bits per heavy atom. The third-order valence-electron chi connectivity index (χ3n) is 5.25. The van der Waals surface area contributed by atoms with E-state index in [4.69, 9.17) is 11.6 Å². The summed E-state index contributed by atoms with van der Waals surface area (Å²) in [4.78, 5) is 0. The van der Waals surface area contributed by atoms with Crippen LogP contribution in [0.15, 0.2) is 84.4 Å². The summed E-state index contributed by atoms with van der Waals surface area (Å²) in [6, 6.07) is 25.9. The Morgan fingerprint density at radius 3 is 2.24 bits per heavy atom. The molecule has 0 bridgehead atoms. The van der Waals surface area contributed by atoms with Crippen LogP contribution in [-0.2, 0) is 6.42 Å². The van der Waals surface area contributed by atoms with E-state index < -0.39 is 0 Å². The first-order valence-corrected chi connectivity index (χ1v) is 10.6. The van der Waals surface area contributed by atoms with E-state index >= 15 is 0 Å². The monoisotopic (exact) mass is 400 g/mol. The van der Waals surface area contributed by atoms with Crippen molar-refractivity contribution in [2.75, 3.05) is 0 Å². The normalized spacial score (nSPS) is 11.7. The zero-order chi connectivity index (χ0) is 20.8. The van der Waals surface area contributed by atoms with Crippen LogP contribution in [0, 0.1) is 0 Å². The number of halogens is 1. The van der Waals surface area contributed by atoms with Gasteiger partial charge in [-0.05, 0) is 70.7 Å². The number of rotatable bonds is 7. The van der Waals surface area contributed by atoms with Gasteiger partial charge in [0.05, 0.1) is 0 Å². The summed E-state index contributed by atoms with van der Waals surface area (Å²) < 4.78 is 0. The molecule has 0 aliphatic rings. The van der Waals surface area contributed by atoms with Gasteiger partial charge >= 0.3 is 0 Å². The van der Waals surface area contributed by atoms with E-state index in [-0.39, 0.29) is 0 Å². The lowest BCUT2D eigenvalue weighted by atomic mass is 9.88. The van der Waals surface area contributed by atoms with Crippen molar-refractivity contribution in [3.63, 3.8) is 0 Å². The van der Waals surface area contributed by atoms with Gasteiger partial charge in [-0.1, -0.05) is 105 Å². The summed E-state index contributed by atoms with van der Waals surface area (Å²) in [7, 11) is 0. The molecule has 0 aliphatic carbocycles. The molecule has 0 fully saturated rings. The van der Waals surface area contributed by atoms with Gasteiger partial charge in [0.1, 0.15) is 0 Å². The fourth-order valence-corrected chi connectivity index (χ4v) is 3.76. The van der Waals surface area contributed by atoms with Gasteiger partial charge in [0.15, 0.2) is 0 Å². The van der Waals surface area contributed by atoms with Gasteiger partial charge in [0, 0.05) is 5.03 Å². The van der Waals surface area contributed by atoms with Crippen LogP contribution in [0.1, 0.15) is 55.4 Å². The number of aryl methyl sites for hydroxylation is 1. The summed E-state index contributed by atoms with van der Waals surface area (Å²) in [6.07, 6.45) is 3.92. The molecule has 0 aliphatic heterocycles. The highest BCUT2D eigenvalue weighted by molar-refractivity contribution is 6.31. The highest BCUT2D eigenvalue weighted by atomic mass is 35.5. The second-order valence-corrected chi connectivity index (χ2v) is 8.46. The van der Waals surface area contributed by atoms with Crippen LogP contribution in [0.25, 0.3) is 22.8 Å². The summed E-state index contributed by atoms with van der Waals surface area (Å²) in [5.41, 5.74) is 8.59. The first-order chi connectivity index (χ1) is 14.0. The number of hydrogen-bond acceptors (Lipinski definition) is 0. The molecule has 148 valence electrons. The van der Waals surface area contributed by atoms with E-state index in [1.165, 1.54) is 27.8 Å². The molecule has 0 N–H and O–H groups in total. The SMILES string of the molecule is C=C(CCc1ccc(C(C)C)cc1)c1c(C=C(C)Cl)cccc1-c1ccccc1. The van der Waals surface area contributed by atoms with Crippen LogP contribution in [0.5, 0.6) is 0 Å². The Kier molecular flexibility index (Phi) is 7.12. The summed E-state index contributed by atoms with van der Waals surface area (Å²) in [5, 5.41) is 0.772. The van der Waals surface area contributed by atoms with Crippen molar-refractivity contribution in [2.24, 2.45) is 0 Å². The van der Waals surface area contributed by atoms with Crippen molar-refractivity contribution in [3.8, 4) is 11.1 Å². The minimum absolute atomic E-state index is 0.560. The molecule has 0 radical (unpaired) electrons. The van der Waals surface area contributed by atoms with Crippen molar-refractivity contribution < 1.29 is 0 Å². The average Bonchev–Trinajstić information content (AvgIpc) is 2.72. The lowest BCUT2D eigenvalue weighted by Gasteiger charge is -2.16. The number of benzene rings is 3. The van der Waals surface area contributed by atoms with Crippen LogP contribution >= 0.6 is 11.6 Å².